The summed E-state index contributed by atoms with van der Waals surface area (Å²) in [5.74, 6) is -0.485. The first-order chi connectivity index (χ1) is 21.5. The molecule has 1 aliphatic rings. The standard InChI is InChI=1S/C29H39N5O9S2/c1-5-44-29(45-6-2)20-9-7-11-33(20)28(39)19-14-23(42-4)24(15-21(19)34(40)41)43-12-8-10-25(35)31-18-13-22(32(3)17-18)27(38)30-16-26(36)37/h13-15,17,20,29H,5-12,16H2,1-4H3,(H,30,38)(H,31,35)(H,36,37)/t20-/m0/s1. The summed E-state index contributed by atoms with van der Waals surface area (Å²) in [7, 11) is 2.97. The van der Waals surface area contributed by atoms with Gasteiger partial charge in [0, 0.05) is 32.3 Å². The number of rotatable bonds is 17. The average Bonchev–Trinajstić information content (AvgIpc) is 3.63. The van der Waals surface area contributed by atoms with Gasteiger partial charge < -0.3 is 34.7 Å². The van der Waals surface area contributed by atoms with Crippen LogP contribution in [-0.4, -0.2) is 92.1 Å². The summed E-state index contributed by atoms with van der Waals surface area (Å²) in [6, 6.07) is 3.94. The number of aryl methyl sites for hydroxylation is 1. The summed E-state index contributed by atoms with van der Waals surface area (Å²) in [5, 5.41) is 25.7. The van der Waals surface area contributed by atoms with Crippen LogP contribution in [0, 0.1) is 10.1 Å². The molecule has 3 N–H and O–H groups in total. The average molecular weight is 666 g/mol. The van der Waals surface area contributed by atoms with E-state index in [0.29, 0.717) is 12.2 Å². The van der Waals surface area contributed by atoms with Crippen LogP contribution in [0.3, 0.4) is 0 Å². The Morgan fingerprint density at radius 2 is 1.87 bits per heavy atom. The Bertz CT molecular complexity index is 1390. The fourth-order valence-electron chi connectivity index (χ4n) is 4.97. The molecule has 1 aliphatic heterocycles. The summed E-state index contributed by atoms with van der Waals surface area (Å²) >= 11 is 3.56. The third-order valence-electron chi connectivity index (χ3n) is 6.97. The monoisotopic (exact) mass is 665 g/mol. The molecule has 0 bridgehead atoms. The largest absolute Gasteiger partial charge is 0.493 e. The van der Waals surface area contributed by atoms with Gasteiger partial charge in [0.1, 0.15) is 17.8 Å². The lowest BCUT2D eigenvalue weighted by Gasteiger charge is -2.31. The molecule has 14 nitrogen and oxygen atoms in total. The van der Waals surface area contributed by atoms with Gasteiger partial charge in [-0.2, -0.15) is 0 Å². The number of thioether (sulfide) groups is 2. The summed E-state index contributed by atoms with van der Waals surface area (Å²) in [6.07, 6.45) is 3.48. The Kier molecular flexibility index (Phi) is 13.4. The minimum Gasteiger partial charge on any atom is -0.493 e. The topological polar surface area (TPSA) is 182 Å². The second kappa shape index (κ2) is 17.0. The number of anilines is 1. The van der Waals surface area contributed by atoms with E-state index in [1.54, 1.807) is 35.5 Å². The van der Waals surface area contributed by atoms with E-state index in [1.165, 1.54) is 36.1 Å². The Balaban J connectivity index is 1.64. The van der Waals surface area contributed by atoms with Gasteiger partial charge >= 0.3 is 5.97 Å². The number of nitrogens with one attached hydrogen (secondary N) is 2. The van der Waals surface area contributed by atoms with Crippen LogP contribution >= 0.6 is 23.5 Å². The Morgan fingerprint density at radius 1 is 1.16 bits per heavy atom. The first-order valence-corrected chi connectivity index (χ1v) is 16.6. The van der Waals surface area contributed by atoms with Gasteiger partial charge in [-0.1, -0.05) is 13.8 Å². The molecule has 16 heteroatoms. The molecule has 1 fully saturated rings. The lowest BCUT2D eigenvalue weighted by molar-refractivity contribution is -0.385. The second-order valence-corrected chi connectivity index (χ2v) is 13.2. The molecule has 0 unspecified atom stereocenters. The summed E-state index contributed by atoms with van der Waals surface area (Å²) in [5.41, 5.74) is 0.0882. The number of nitro groups is 1. The first kappa shape index (κ1) is 35.6. The van der Waals surface area contributed by atoms with Gasteiger partial charge in [0.15, 0.2) is 11.5 Å². The molecule has 0 spiro atoms. The SMILES string of the molecule is CCSC(SCC)[C@@H]1CCCN1C(=O)c1cc(OC)c(OCCCC(=O)Nc2cc(C(=O)NCC(=O)O)n(C)c2)cc1[N+](=O)[O-]. The van der Waals surface area contributed by atoms with Gasteiger partial charge in [0.25, 0.3) is 17.5 Å². The van der Waals surface area contributed by atoms with Crippen LogP contribution < -0.4 is 20.1 Å². The minimum atomic E-state index is -1.18. The predicted molar refractivity (Wildman–Crippen MR) is 172 cm³/mol. The molecule has 3 amide bonds. The predicted octanol–water partition coefficient (Wildman–Crippen LogP) is 3.99. The number of amides is 3. The van der Waals surface area contributed by atoms with Crippen molar-refractivity contribution in [2.75, 3.05) is 43.6 Å². The molecule has 0 saturated carbocycles. The smallest absolute Gasteiger partial charge is 0.322 e. The summed E-state index contributed by atoms with van der Waals surface area (Å²) in [6.45, 7) is 4.17. The van der Waals surface area contributed by atoms with Crippen LogP contribution in [0.4, 0.5) is 11.4 Å². The number of carbonyl (C=O) groups is 4. The Hall–Kier alpha value is -3.92. The van der Waals surface area contributed by atoms with Crippen molar-refractivity contribution in [1.29, 1.82) is 0 Å². The van der Waals surface area contributed by atoms with E-state index in [0.717, 1.165) is 24.3 Å². The Morgan fingerprint density at radius 3 is 2.49 bits per heavy atom. The summed E-state index contributed by atoms with van der Waals surface area (Å²) in [4.78, 5) is 62.2. The van der Waals surface area contributed by atoms with Crippen molar-refractivity contribution in [2.45, 2.75) is 50.2 Å². The fraction of sp³-hybridized carbons (Fsp3) is 0.517. The molecule has 246 valence electrons. The van der Waals surface area contributed by atoms with Gasteiger partial charge in [0.05, 0.1) is 41.0 Å². The number of carboxylic acids is 1. The third-order valence-corrected chi connectivity index (χ3v) is 9.74. The molecule has 0 radical (unpaired) electrons. The van der Waals surface area contributed by atoms with Crippen molar-refractivity contribution in [1.82, 2.24) is 14.8 Å². The highest BCUT2D eigenvalue weighted by atomic mass is 32.2. The van der Waals surface area contributed by atoms with Gasteiger partial charge in [-0.3, -0.25) is 29.3 Å². The molecule has 3 rings (SSSR count). The fourth-order valence-corrected chi connectivity index (χ4v) is 7.84. The zero-order valence-electron chi connectivity index (χ0n) is 25.7. The highest BCUT2D eigenvalue weighted by molar-refractivity contribution is 8.17. The first-order valence-electron chi connectivity index (χ1n) is 14.5. The molecule has 45 heavy (non-hydrogen) atoms. The molecule has 1 aromatic carbocycles. The second-order valence-electron chi connectivity index (χ2n) is 10.1. The quantitative estimate of drug-likeness (QED) is 0.0962. The van der Waals surface area contributed by atoms with Crippen LogP contribution in [-0.2, 0) is 16.6 Å². The van der Waals surface area contributed by atoms with Gasteiger partial charge in [0.2, 0.25) is 5.91 Å². The van der Waals surface area contributed by atoms with Gasteiger partial charge in [-0.15, -0.1) is 23.5 Å². The zero-order valence-corrected chi connectivity index (χ0v) is 27.3. The number of carboxylic acid groups (broad SMARTS) is 1. The number of benzene rings is 1. The third kappa shape index (κ3) is 9.53. The molecule has 2 aromatic rings. The maximum Gasteiger partial charge on any atom is 0.322 e. The lowest BCUT2D eigenvalue weighted by Crippen LogP contribution is -2.41. The molecule has 1 aromatic heterocycles. The molecular formula is C29H39N5O9S2. The van der Waals surface area contributed by atoms with Crippen molar-refractivity contribution in [3.8, 4) is 11.5 Å². The van der Waals surface area contributed by atoms with Crippen LogP contribution in [0.1, 0.15) is 60.4 Å². The van der Waals surface area contributed by atoms with E-state index in [9.17, 15) is 29.3 Å². The van der Waals surface area contributed by atoms with Crippen molar-refractivity contribution in [2.24, 2.45) is 7.05 Å². The van der Waals surface area contributed by atoms with E-state index < -0.39 is 29.3 Å². The zero-order chi connectivity index (χ0) is 33.1. The van der Waals surface area contributed by atoms with Crippen LogP contribution in [0.25, 0.3) is 0 Å². The van der Waals surface area contributed by atoms with E-state index >= 15 is 0 Å². The number of nitrogens with zero attached hydrogens (tertiary/aromatic N) is 3. The van der Waals surface area contributed by atoms with Crippen molar-refractivity contribution in [3.05, 3.63) is 45.8 Å². The number of methoxy groups -OCH3 is 1. The number of ether oxygens (including phenoxy) is 2. The van der Waals surface area contributed by atoms with Gasteiger partial charge in [-0.05, 0) is 36.8 Å². The Labute approximate surface area is 269 Å². The number of aliphatic carboxylic acids is 1. The van der Waals surface area contributed by atoms with Gasteiger partial charge in [-0.25, -0.2) is 0 Å². The minimum absolute atomic E-state index is 0.0309. The molecular weight excluding hydrogens is 626 g/mol. The number of hydrogen-bond acceptors (Lipinski definition) is 10. The number of nitro benzene ring substituents is 1. The molecule has 2 heterocycles. The van der Waals surface area contributed by atoms with Crippen molar-refractivity contribution >= 4 is 58.6 Å². The lowest BCUT2D eigenvalue weighted by atomic mass is 10.1. The van der Waals surface area contributed by atoms with Crippen LogP contribution in [0.5, 0.6) is 11.5 Å². The maximum atomic E-state index is 13.7. The highest BCUT2D eigenvalue weighted by Crippen LogP contribution is 2.39. The number of aromatic nitrogens is 1. The molecule has 1 saturated heterocycles. The number of hydrogen-bond donors (Lipinski definition) is 3. The van der Waals surface area contributed by atoms with Crippen molar-refractivity contribution < 1.29 is 38.7 Å². The van der Waals surface area contributed by atoms with Crippen LogP contribution in [0.15, 0.2) is 24.4 Å². The van der Waals surface area contributed by atoms with E-state index in [2.05, 4.69) is 24.5 Å². The number of likely N-dealkylation sites (tertiary alicyclic amines) is 1. The number of carbonyl (C=O) groups excluding carboxylic acids is 3. The van der Waals surface area contributed by atoms with E-state index in [1.807, 2.05) is 0 Å². The summed E-state index contributed by atoms with van der Waals surface area (Å²) < 4.78 is 12.8. The van der Waals surface area contributed by atoms with E-state index in [4.69, 9.17) is 14.6 Å². The van der Waals surface area contributed by atoms with Crippen LogP contribution in [0.2, 0.25) is 0 Å². The molecule has 1 atom stereocenters. The highest BCUT2D eigenvalue weighted by Gasteiger charge is 2.38. The maximum absolute atomic E-state index is 13.7. The normalized spacial score (nSPS) is 14.3. The van der Waals surface area contributed by atoms with E-state index in [-0.39, 0.29) is 64.4 Å². The van der Waals surface area contributed by atoms with Crippen molar-refractivity contribution in [3.63, 3.8) is 0 Å². The molecule has 0 aliphatic carbocycles.